The fourth-order valence-electron chi connectivity index (χ4n) is 0.730. The first kappa shape index (κ1) is 12.9. The van der Waals surface area contributed by atoms with Crippen molar-refractivity contribution in [3.05, 3.63) is 0 Å². The van der Waals surface area contributed by atoms with Gasteiger partial charge in [0.2, 0.25) is 5.91 Å². The van der Waals surface area contributed by atoms with Gasteiger partial charge in [-0.05, 0) is 19.8 Å². The number of amides is 2. The molecule has 5 nitrogen and oxygen atoms in total. The summed E-state index contributed by atoms with van der Waals surface area (Å²) in [5, 5.41) is 2.07. The van der Waals surface area contributed by atoms with Gasteiger partial charge < -0.3 is 10.5 Å². The molecule has 0 spiro atoms. The molecule has 0 radical (unpaired) electrons. The van der Waals surface area contributed by atoms with Crippen molar-refractivity contribution in [1.29, 1.82) is 0 Å². The molecule has 5 heteroatoms. The Bertz CT molecular complexity index is 214. The van der Waals surface area contributed by atoms with E-state index in [9.17, 15) is 9.59 Å². The average molecular weight is 202 g/mol. The molecule has 0 fully saturated rings. The maximum absolute atomic E-state index is 11.2. The Hall–Kier alpha value is -1.10. The molecule has 1 atom stereocenters. The predicted molar refractivity (Wildman–Crippen MR) is 52.6 cm³/mol. The average Bonchev–Trinajstić information content (AvgIpc) is 2.00. The van der Waals surface area contributed by atoms with Crippen molar-refractivity contribution in [2.45, 2.75) is 39.8 Å². The summed E-state index contributed by atoms with van der Waals surface area (Å²) < 4.78 is 4.72. The van der Waals surface area contributed by atoms with Gasteiger partial charge in [-0.2, -0.15) is 0 Å². The van der Waals surface area contributed by atoms with Crippen LogP contribution in [-0.4, -0.2) is 24.1 Å². The highest BCUT2D eigenvalue weighted by Crippen LogP contribution is 1.98. The van der Waals surface area contributed by atoms with Crippen LogP contribution in [0.25, 0.3) is 0 Å². The van der Waals surface area contributed by atoms with Gasteiger partial charge in [0.1, 0.15) is 0 Å². The first-order valence-electron chi connectivity index (χ1n) is 4.61. The molecule has 0 heterocycles. The van der Waals surface area contributed by atoms with Gasteiger partial charge in [-0.1, -0.05) is 13.8 Å². The van der Waals surface area contributed by atoms with Crippen LogP contribution in [0, 0.1) is 5.92 Å². The van der Waals surface area contributed by atoms with Crippen molar-refractivity contribution >= 4 is 12.0 Å². The van der Waals surface area contributed by atoms with Crippen LogP contribution in [0.2, 0.25) is 0 Å². The highest BCUT2D eigenvalue weighted by atomic mass is 16.6. The molecule has 0 aliphatic carbocycles. The number of rotatable bonds is 3. The van der Waals surface area contributed by atoms with Crippen LogP contribution in [-0.2, 0) is 9.53 Å². The van der Waals surface area contributed by atoms with E-state index >= 15 is 0 Å². The third-order valence-corrected chi connectivity index (χ3v) is 1.59. The fraction of sp³-hybridized carbons (Fsp3) is 0.778. The quantitative estimate of drug-likeness (QED) is 0.703. The second-order valence-electron chi connectivity index (χ2n) is 3.71. The van der Waals surface area contributed by atoms with Gasteiger partial charge in [0, 0.05) is 0 Å². The summed E-state index contributed by atoms with van der Waals surface area (Å²) in [4.78, 5) is 22.2. The van der Waals surface area contributed by atoms with E-state index in [0.29, 0.717) is 0 Å². The Balaban J connectivity index is 4.00. The molecule has 0 saturated carbocycles. The Morgan fingerprint density at radius 3 is 2.07 bits per heavy atom. The number of hydrogen-bond donors (Lipinski definition) is 2. The van der Waals surface area contributed by atoms with Crippen LogP contribution in [0.1, 0.15) is 27.7 Å². The summed E-state index contributed by atoms with van der Waals surface area (Å²) in [6.07, 6.45) is -1.00. The maximum Gasteiger partial charge on any atom is 0.414 e. The lowest BCUT2D eigenvalue weighted by molar-refractivity contribution is -0.122. The van der Waals surface area contributed by atoms with E-state index in [1.165, 1.54) is 0 Å². The molecule has 0 unspecified atom stereocenters. The summed E-state index contributed by atoms with van der Waals surface area (Å²) in [5.41, 5.74) is 5.52. The molecule has 0 aliphatic rings. The monoisotopic (exact) mass is 202 g/mol. The molecule has 82 valence electrons. The topological polar surface area (TPSA) is 81.4 Å². The smallest absolute Gasteiger partial charge is 0.414 e. The van der Waals surface area contributed by atoms with Gasteiger partial charge in [0.15, 0.2) is 0 Å². The highest BCUT2D eigenvalue weighted by molar-refractivity contribution is 5.94. The molecular formula is C9H18N2O3. The largest absolute Gasteiger partial charge is 0.447 e. The lowest BCUT2D eigenvalue weighted by Crippen LogP contribution is -2.46. The SMILES string of the molecule is CC(C)OC(=O)NC(=O)[C@@H](N)C(C)C. The van der Waals surface area contributed by atoms with Crippen molar-refractivity contribution in [3.8, 4) is 0 Å². The van der Waals surface area contributed by atoms with Gasteiger partial charge in [0.25, 0.3) is 0 Å². The van der Waals surface area contributed by atoms with E-state index in [1.807, 2.05) is 0 Å². The maximum atomic E-state index is 11.2. The van der Waals surface area contributed by atoms with Crippen molar-refractivity contribution in [1.82, 2.24) is 5.32 Å². The summed E-state index contributed by atoms with van der Waals surface area (Å²) in [7, 11) is 0. The first-order valence-corrected chi connectivity index (χ1v) is 4.61. The summed E-state index contributed by atoms with van der Waals surface area (Å²) in [6, 6.07) is -0.685. The molecule has 0 saturated heterocycles. The fourth-order valence-corrected chi connectivity index (χ4v) is 0.730. The summed E-state index contributed by atoms with van der Waals surface area (Å²) in [5.74, 6) is -0.521. The minimum absolute atomic E-state index is 0.0122. The number of hydrogen-bond acceptors (Lipinski definition) is 4. The van der Waals surface area contributed by atoms with E-state index in [4.69, 9.17) is 10.5 Å². The zero-order valence-corrected chi connectivity index (χ0v) is 9.03. The third kappa shape index (κ3) is 4.81. The van der Waals surface area contributed by atoms with Crippen LogP contribution in [0.3, 0.4) is 0 Å². The minimum atomic E-state index is -0.749. The molecule has 14 heavy (non-hydrogen) atoms. The number of alkyl carbamates (subject to hydrolysis) is 1. The second kappa shape index (κ2) is 5.59. The lowest BCUT2D eigenvalue weighted by Gasteiger charge is -2.15. The van der Waals surface area contributed by atoms with Gasteiger partial charge in [-0.25, -0.2) is 4.79 Å². The van der Waals surface area contributed by atoms with Gasteiger partial charge in [-0.3, -0.25) is 10.1 Å². The standard InChI is InChI=1S/C9H18N2O3/c1-5(2)7(10)8(12)11-9(13)14-6(3)4/h5-7H,10H2,1-4H3,(H,11,12,13)/t7-/m0/s1. The molecule has 0 aliphatic heterocycles. The van der Waals surface area contributed by atoms with Gasteiger partial charge >= 0.3 is 6.09 Å². The van der Waals surface area contributed by atoms with E-state index in [2.05, 4.69) is 5.32 Å². The first-order chi connectivity index (χ1) is 6.34. The number of nitrogens with two attached hydrogens (primary N) is 1. The number of carbonyl (C=O) groups excluding carboxylic acids is 2. The molecule has 0 aromatic heterocycles. The molecule has 0 aromatic rings. The second-order valence-corrected chi connectivity index (χ2v) is 3.71. The van der Waals surface area contributed by atoms with Crippen molar-refractivity contribution in [3.63, 3.8) is 0 Å². The molecule has 0 aromatic carbocycles. The molecule has 3 N–H and O–H groups in total. The molecule has 0 rings (SSSR count). The van der Waals surface area contributed by atoms with Gasteiger partial charge in [-0.15, -0.1) is 0 Å². The molecule has 0 bridgehead atoms. The molecular weight excluding hydrogens is 184 g/mol. The van der Waals surface area contributed by atoms with Crippen LogP contribution in [0.4, 0.5) is 4.79 Å². The lowest BCUT2D eigenvalue weighted by atomic mass is 10.1. The predicted octanol–water partition coefficient (Wildman–Crippen LogP) is 0.631. The van der Waals surface area contributed by atoms with E-state index in [0.717, 1.165) is 0 Å². The van der Waals surface area contributed by atoms with Crippen molar-refractivity contribution in [2.75, 3.05) is 0 Å². The number of ether oxygens (including phenoxy) is 1. The van der Waals surface area contributed by atoms with Crippen molar-refractivity contribution in [2.24, 2.45) is 11.7 Å². The van der Waals surface area contributed by atoms with Crippen LogP contribution < -0.4 is 11.1 Å². The summed E-state index contributed by atoms with van der Waals surface area (Å²) in [6.45, 7) is 7.01. The number of imide groups is 1. The van der Waals surface area contributed by atoms with E-state index < -0.39 is 18.0 Å². The zero-order valence-electron chi connectivity index (χ0n) is 9.03. The number of carbonyl (C=O) groups is 2. The van der Waals surface area contributed by atoms with Crippen LogP contribution in [0.15, 0.2) is 0 Å². The van der Waals surface area contributed by atoms with Crippen LogP contribution in [0.5, 0.6) is 0 Å². The normalized spacial score (nSPS) is 12.8. The molecule has 2 amide bonds. The number of nitrogens with one attached hydrogen (secondary N) is 1. The van der Waals surface area contributed by atoms with E-state index in [-0.39, 0.29) is 12.0 Å². The highest BCUT2D eigenvalue weighted by Gasteiger charge is 2.20. The van der Waals surface area contributed by atoms with Gasteiger partial charge in [0.05, 0.1) is 12.1 Å². The zero-order chi connectivity index (χ0) is 11.3. The minimum Gasteiger partial charge on any atom is -0.447 e. The third-order valence-electron chi connectivity index (χ3n) is 1.59. The Morgan fingerprint density at radius 1 is 1.21 bits per heavy atom. The van der Waals surface area contributed by atoms with E-state index in [1.54, 1.807) is 27.7 Å². The van der Waals surface area contributed by atoms with Crippen molar-refractivity contribution < 1.29 is 14.3 Å². The Morgan fingerprint density at radius 2 is 1.71 bits per heavy atom. The summed E-state index contributed by atoms with van der Waals surface area (Å²) >= 11 is 0. The van der Waals surface area contributed by atoms with Crippen LogP contribution >= 0.6 is 0 Å². The Labute approximate surface area is 84.0 Å². The Kier molecular flexibility index (Phi) is 5.15.